The minimum absolute atomic E-state index is 0.0772. The first-order chi connectivity index (χ1) is 13.2. The van der Waals surface area contributed by atoms with E-state index >= 15 is 0 Å². The van der Waals surface area contributed by atoms with Crippen molar-refractivity contribution in [2.75, 3.05) is 49.9 Å². The molecule has 2 aliphatic heterocycles. The molecule has 28 heavy (non-hydrogen) atoms. The Morgan fingerprint density at radius 3 is 2.43 bits per heavy atom. The van der Waals surface area contributed by atoms with Crippen LogP contribution in [0.1, 0.15) is 12.5 Å². The van der Waals surface area contributed by atoms with E-state index in [1.54, 1.807) is 28.9 Å². The van der Waals surface area contributed by atoms with Crippen LogP contribution in [-0.4, -0.2) is 81.9 Å². The molecule has 2 heterocycles. The van der Waals surface area contributed by atoms with Crippen LogP contribution in [0.2, 0.25) is 0 Å². The van der Waals surface area contributed by atoms with Crippen molar-refractivity contribution in [3.63, 3.8) is 0 Å². The van der Waals surface area contributed by atoms with Crippen molar-refractivity contribution in [1.82, 2.24) is 9.80 Å². The fraction of sp³-hybridized carbons (Fsp3) is 0.556. The van der Waals surface area contributed by atoms with E-state index in [4.69, 9.17) is 9.47 Å². The van der Waals surface area contributed by atoms with Crippen LogP contribution in [-0.2, 0) is 19.6 Å². The summed E-state index contributed by atoms with van der Waals surface area (Å²) in [4.78, 5) is 27.9. The normalized spacial score (nSPS) is 19.7. The van der Waals surface area contributed by atoms with E-state index < -0.39 is 22.2 Å². The molecule has 0 aromatic heterocycles. The maximum absolute atomic E-state index is 12.9. The van der Waals surface area contributed by atoms with Gasteiger partial charge in [0.2, 0.25) is 10.0 Å². The summed E-state index contributed by atoms with van der Waals surface area (Å²) in [6.07, 6.45) is -0.209. The second-order valence-electron chi connectivity index (χ2n) is 6.88. The Bertz CT molecular complexity index is 864. The molecule has 1 atom stereocenters. The minimum Gasteiger partial charge on any atom is -0.476 e. The van der Waals surface area contributed by atoms with Crippen LogP contribution in [0.4, 0.5) is 10.5 Å². The molecule has 2 amide bonds. The van der Waals surface area contributed by atoms with Gasteiger partial charge in [0, 0.05) is 26.2 Å². The molecule has 154 valence electrons. The smallest absolute Gasteiger partial charge is 0.409 e. The largest absolute Gasteiger partial charge is 0.476 e. The Labute approximate surface area is 164 Å². The lowest BCUT2D eigenvalue weighted by Gasteiger charge is -2.39. The van der Waals surface area contributed by atoms with Crippen LogP contribution in [0, 0.1) is 6.92 Å². The Morgan fingerprint density at radius 1 is 1.18 bits per heavy atom. The van der Waals surface area contributed by atoms with Gasteiger partial charge in [0.05, 0.1) is 25.1 Å². The Hall–Kier alpha value is -2.49. The molecular weight excluding hydrogens is 386 g/mol. The zero-order valence-electron chi connectivity index (χ0n) is 16.3. The summed E-state index contributed by atoms with van der Waals surface area (Å²) < 4.78 is 36.6. The van der Waals surface area contributed by atoms with Gasteiger partial charge < -0.3 is 19.3 Å². The van der Waals surface area contributed by atoms with Gasteiger partial charge in [-0.05, 0) is 31.5 Å². The predicted octanol–water partition coefficient (Wildman–Crippen LogP) is 0.823. The first-order valence-corrected chi connectivity index (χ1v) is 11.0. The number of fused-ring (bicyclic) bond motifs is 1. The van der Waals surface area contributed by atoms with Crippen molar-refractivity contribution in [2.45, 2.75) is 20.0 Å². The monoisotopic (exact) mass is 411 g/mol. The van der Waals surface area contributed by atoms with E-state index in [0.717, 1.165) is 11.8 Å². The lowest BCUT2D eigenvalue weighted by atomic mass is 10.1. The molecule has 0 aliphatic carbocycles. The number of hydrogen-bond donors (Lipinski definition) is 0. The number of amides is 2. The van der Waals surface area contributed by atoms with Gasteiger partial charge in [0.25, 0.3) is 5.91 Å². The first-order valence-electron chi connectivity index (χ1n) is 9.16. The van der Waals surface area contributed by atoms with E-state index in [0.29, 0.717) is 44.2 Å². The number of rotatable bonds is 3. The molecule has 1 aromatic rings. The topological polar surface area (TPSA) is 96.5 Å². The van der Waals surface area contributed by atoms with Crippen molar-refractivity contribution in [3.8, 4) is 5.75 Å². The van der Waals surface area contributed by atoms with Crippen molar-refractivity contribution in [2.24, 2.45) is 0 Å². The SMILES string of the molecule is CCOC(=O)N1CCN(C(=O)[C@@H]2CN(S(C)(=O)=O)c3cc(C)ccc3O2)CC1. The van der Waals surface area contributed by atoms with Crippen molar-refractivity contribution < 1.29 is 27.5 Å². The highest BCUT2D eigenvalue weighted by atomic mass is 32.2. The zero-order valence-corrected chi connectivity index (χ0v) is 17.1. The van der Waals surface area contributed by atoms with Crippen LogP contribution in [0.5, 0.6) is 5.75 Å². The maximum atomic E-state index is 12.9. The second-order valence-corrected chi connectivity index (χ2v) is 8.79. The van der Waals surface area contributed by atoms with E-state index in [2.05, 4.69) is 0 Å². The lowest BCUT2D eigenvalue weighted by Crippen LogP contribution is -2.57. The number of carbonyl (C=O) groups excluding carboxylic acids is 2. The maximum Gasteiger partial charge on any atom is 0.409 e. The first kappa shape index (κ1) is 20.2. The Morgan fingerprint density at radius 2 is 1.82 bits per heavy atom. The minimum atomic E-state index is -3.57. The summed E-state index contributed by atoms with van der Waals surface area (Å²) in [6.45, 7) is 5.24. The van der Waals surface area contributed by atoms with Gasteiger partial charge >= 0.3 is 6.09 Å². The van der Waals surface area contributed by atoms with Gasteiger partial charge in [-0.2, -0.15) is 0 Å². The fourth-order valence-corrected chi connectivity index (χ4v) is 4.24. The molecule has 0 bridgehead atoms. The molecule has 0 unspecified atom stereocenters. The Balaban J connectivity index is 1.73. The molecule has 0 N–H and O–H groups in total. The number of hydrogen-bond acceptors (Lipinski definition) is 6. The van der Waals surface area contributed by atoms with Crippen LogP contribution in [0.3, 0.4) is 0 Å². The second kappa shape index (κ2) is 7.86. The number of benzene rings is 1. The number of anilines is 1. The van der Waals surface area contributed by atoms with E-state index in [9.17, 15) is 18.0 Å². The van der Waals surface area contributed by atoms with Crippen molar-refractivity contribution in [3.05, 3.63) is 23.8 Å². The summed E-state index contributed by atoms with van der Waals surface area (Å²) in [7, 11) is -3.57. The van der Waals surface area contributed by atoms with Crippen LogP contribution < -0.4 is 9.04 Å². The van der Waals surface area contributed by atoms with E-state index in [1.807, 2.05) is 13.0 Å². The third-order valence-electron chi connectivity index (χ3n) is 4.78. The van der Waals surface area contributed by atoms with Gasteiger partial charge in [-0.25, -0.2) is 13.2 Å². The summed E-state index contributed by atoms with van der Waals surface area (Å²) in [5.74, 6) is 0.0779. The number of aryl methyl sites for hydroxylation is 1. The average molecular weight is 411 g/mol. The Kier molecular flexibility index (Phi) is 5.69. The number of sulfonamides is 1. The van der Waals surface area contributed by atoms with Gasteiger partial charge in [-0.1, -0.05) is 6.07 Å². The molecule has 9 nitrogen and oxygen atoms in total. The molecule has 1 fully saturated rings. The molecule has 1 saturated heterocycles. The standard InChI is InChI=1S/C18H25N3O6S/c1-4-26-18(23)20-9-7-19(8-10-20)17(22)16-12-21(28(3,24)25)14-11-13(2)5-6-15(14)27-16/h5-6,11,16H,4,7-10,12H2,1-3H3/t16-/m0/s1. The lowest BCUT2D eigenvalue weighted by molar-refractivity contribution is -0.140. The van der Waals surface area contributed by atoms with Gasteiger partial charge in [0.1, 0.15) is 5.75 Å². The van der Waals surface area contributed by atoms with E-state index in [1.165, 1.54) is 4.31 Å². The molecule has 10 heteroatoms. The van der Waals surface area contributed by atoms with Gasteiger partial charge in [-0.15, -0.1) is 0 Å². The number of ether oxygens (including phenoxy) is 2. The predicted molar refractivity (Wildman–Crippen MR) is 103 cm³/mol. The van der Waals surface area contributed by atoms with Crippen LogP contribution in [0.25, 0.3) is 0 Å². The quantitative estimate of drug-likeness (QED) is 0.731. The molecule has 1 aromatic carbocycles. The highest BCUT2D eigenvalue weighted by Crippen LogP contribution is 2.36. The van der Waals surface area contributed by atoms with Gasteiger partial charge in [0.15, 0.2) is 6.10 Å². The van der Waals surface area contributed by atoms with Crippen molar-refractivity contribution in [1.29, 1.82) is 0 Å². The molecule has 0 radical (unpaired) electrons. The van der Waals surface area contributed by atoms with Crippen LogP contribution >= 0.6 is 0 Å². The summed E-state index contributed by atoms with van der Waals surface area (Å²) in [5, 5.41) is 0. The summed E-state index contributed by atoms with van der Waals surface area (Å²) in [5.41, 5.74) is 1.34. The highest BCUT2D eigenvalue weighted by molar-refractivity contribution is 7.92. The molecule has 3 rings (SSSR count). The molecule has 2 aliphatic rings. The summed E-state index contributed by atoms with van der Waals surface area (Å²) in [6, 6.07) is 5.22. The van der Waals surface area contributed by atoms with Crippen LogP contribution in [0.15, 0.2) is 18.2 Å². The third-order valence-corrected chi connectivity index (χ3v) is 5.92. The van der Waals surface area contributed by atoms with Crippen molar-refractivity contribution >= 4 is 27.7 Å². The third kappa shape index (κ3) is 4.16. The van der Waals surface area contributed by atoms with Gasteiger partial charge in [-0.3, -0.25) is 9.10 Å². The van der Waals surface area contributed by atoms with E-state index in [-0.39, 0.29) is 12.5 Å². The number of nitrogens with zero attached hydrogens (tertiary/aromatic N) is 3. The molecular formula is C18H25N3O6S. The number of carbonyl (C=O) groups is 2. The number of piperazine rings is 1. The summed E-state index contributed by atoms with van der Waals surface area (Å²) >= 11 is 0. The molecule has 0 saturated carbocycles. The average Bonchev–Trinajstić information content (AvgIpc) is 2.66. The highest BCUT2D eigenvalue weighted by Gasteiger charge is 2.38. The fourth-order valence-electron chi connectivity index (χ4n) is 3.33. The molecule has 0 spiro atoms. The zero-order chi connectivity index (χ0) is 20.5.